The van der Waals surface area contributed by atoms with Gasteiger partial charge in [-0.2, -0.15) is 0 Å². The SMILES string of the molecule is S=C(Nc1nccc(-c2cccs2)n1)NC(c1ccccc1)c1ccccc1. The molecule has 2 aromatic heterocycles. The first-order valence-corrected chi connectivity index (χ1v) is 10.1. The van der Waals surface area contributed by atoms with Crippen LogP contribution in [0.15, 0.2) is 90.4 Å². The number of nitrogens with zero attached hydrogens (tertiary/aromatic N) is 2. The van der Waals surface area contributed by atoms with Gasteiger partial charge in [0.2, 0.25) is 5.95 Å². The molecule has 4 nitrogen and oxygen atoms in total. The third-order valence-corrected chi connectivity index (χ3v) is 5.31. The van der Waals surface area contributed by atoms with E-state index in [1.165, 1.54) is 0 Å². The van der Waals surface area contributed by atoms with Gasteiger partial charge in [-0.05, 0) is 40.9 Å². The van der Waals surface area contributed by atoms with Crippen molar-refractivity contribution < 1.29 is 0 Å². The van der Waals surface area contributed by atoms with Gasteiger partial charge >= 0.3 is 0 Å². The molecule has 6 heteroatoms. The Balaban J connectivity index is 1.53. The number of thiocarbonyl (C=S) groups is 1. The molecule has 0 unspecified atom stereocenters. The van der Waals surface area contributed by atoms with Crippen LogP contribution in [0.2, 0.25) is 0 Å². The van der Waals surface area contributed by atoms with Gasteiger partial charge in [0.15, 0.2) is 5.11 Å². The molecule has 0 bridgehead atoms. The Kier molecular flexibility index (Phi) is 5.70. The maximum Gasteiger partial charge on any atom is 0.229 e. The molecule has 4 rings (SSSR count). The van der Waals surface area contributed by atoms with Gasteiger partial charge in [0.05, 0.1) is 16.6 Å². The second kappa shape index (κ2) is 8.73. The van der Waals surface area contributed by atoms with Crippen LogP contribution in [0, 0.1) is 0 Å². The highest BCUT2D eigenvalue weighted by Gasteiger charge is 2.15. The second-order valence-corrected chi connectivity index (χ2v) is 7.45. The summed E-state index contributed by atoms with van der Waals surface area (Å²) in [4.78, 5) is 9.96. The van der Waals surface area contributed by atoms with Gasteiger partial charge in [0, 0.05) is 6.20 Å². The van der Waals surface area contributed by atoms with Gasteiger partial charge in [-0.1, -0.05) is 66.7 Å². The van der Waals surface area contributed by atoms with Crippen LogP contribution in [0.1, 0.15) is 17.2 Å². The number of anilines is 1. The Morgan fingerprint density at radius 1 is 0.857 bits per heavy atom. The lowest BCUT2D eigenvalue weighted by molar-refractivity contribution is 0.768. The molecule has 0 fully saturated rings. The van der Waals surface area contributed by atoms with Crippen molar-refractivity contribution in [1.82, 2.24) is 15.3 Å². The molecule has 0 aliphatic rings. The summed E-state index contributed by atoms with van der Waals surface area (Å²) < 4.78 is 0. The summed E-state index contributed by atoms with van der Waals surface area (Å²) in [5.74, 6) is 0.475. The van der Waals surface area contributed by atoms with E-state index in [0.717, 1.165) is 21.7 Å². The van der Waals surface area contributed by atoms with Gasteiger partial charge < -0.3 is 10.6 Å². The van der Waals surface area contributed by atoms with E-state index in [1.54, 1.807) is 17.5 Å². The molecule has 0 amide bonds. The zero-order valence-electron chi connectivity index (χ0n) is 14.9. The molecule has 28 heavy (non-hydrogen) atoms. The first-order valence-electron chi connectivity index (χ1n) is 8.84. The number of benzene rings is 2. The number of hydrogen-bond donors (Lipinski definition) is 2. The zero-order valence-corrected chi connectivity index (χ0v) is 16.6. The predicted molar refractivity (Wildman–Crippen MR) is 119 cm³/mol. The fraction of sp³-hybridized carbons (Fsp3) is 0.0455. The van der Waals surface area contributed by atoms with Crippen molar-refractivity contribution in [3.05, 3.63) is 102 Å². The lowest BCUT2D eigenvalue weighted by atomic mass is 9.99. The van der Waals surface area contributed by atoms with E-state index in [4.69, 9.17) is 12.2 Å². The Hall–Kier alpha value is -3.09. The molecular weight excluding hydrogens is 384 g/mol. The van der Waals surface area contributed by atoms with E-state index in [1.807, 2.05) is 60.0 Å². The summed E-state index contributed by atoms with van der Waals surface area (Å²) in [6.45, 7) is 0. The molecule has 138 valence electrons. The van der Waals surface area contributed by atoms with Crippen LogP contribution in [0.25, 0.3) is 10.6 Å². The molecule has 2 heterocycles. The Labute approximate surface area is 173 Å². The zero-order chi connectivity index (χ0) is 19.2. The number of aromatic nitrogens is 2. The molecule has 0 radical (unpaired) electrons. The van der Waals surface area contributed by atoms with Crippen LogP contribution in [0.5, 0.6) is 0 Å². The summed E-state index contributed by atoms with van der Waals surface area (Å²) in [5, 5.41) is 9.01. The highest BCUT2D eigenvalue weighted by atomic mass is 32.1. The summed E-state index contributed by atoms with van der Waals surface area (Å²) in [7, 11) is 0. The third-order valence-electron chi connectivity index (χ3n) is 4.20. The first-order chi connectivity index (χ1) is 13.8. The molecular formula is C22H18N4S2. The van der Waals surface area contributed by atoms with Crippen molar-refractivity contribution in [3.8, 4) is 10.6 Å². The average molecular weight is 403 g/mol. The average Bonchev–Trinajstić information content (AvgIpc) is 3.29. The second-order valence-electron chi connectivity index (χ2n) is 6.10. The van der Waals surface area contributed by atoms with E-state index in [-0.39, 0.29) is 6.04 Å². The highest BCUT2D eigenvalue weighted by Crippen LogP contribution is 2.24. The molecule has 0 saturated heterocycles. The summed E-state index contributed by atoms with van der Waals surface area (Å²) >= 11 is 7.20. The largest absolute Gasteiger partial charge is 0.351 e. The fourth-order valence-corrected chi connectivity index (χ4v) is 3.80. The van der Waals surface area contributed by atoms with Crippen molar-refractivity contribution in [2.24, 2.45) is 0 Å². The van der Waals surface area contributed by atoms with E-state index in [0.29, 0.717) is 11.1 Å². The Morgan fingerprint density at radius 2 is 1.54 bits per heavy atom. The molecule has 0 saturated carbocycles. The summed E-state index contributed by atoms with van der Waals surface area (Å²) in [6, 6.07) is 26.3. The lowest BCUT2D eigenvalue weighted by Crippen LogP contribution is -2.33. The highest BCUT2D eigenvalue weighted by molar-refractivity contribution is 7.80. The lowest BCUT2D eigenvalue weighted by Gasteiger charge is -2.21. The van der Waals surface area contributed by atoms with Gasteiger partial charge in [0.1, 0.15) is 0 Å². The third kappa shape index (κ3) is 4.42. The van der Waals surface area contributed by atoms with E-state index >= 15 is 0 Å². The molecule has 2 N–H and O–H groups in total. The van der Waals surface area contributed by atoms with E-state index in [9.17, 15) is 0 Å². The maximum atomic E-state index is 5.56. The van der Waals surface area contributed by atoms with Crippen LogP contribution in [0.3, 0.4) is 0 Å². The minimum Gasteiger partial charge on any atom is -0.351 e. The Bertz CT molecular complexity index is 995. The monoisotopic (exact) mass is 402 g/mol. The molecule has 0 atom stereocenters. The number of hydrogen-bond acceptors (Lipinski definition) is 4. The minimum absolute atomic E-state index is 0.0668. The number of nitrogens with one attached hydrogen (secondary N) is 2. The summed E-state index contributed by atoms with van der Waals surface area (Å²) in [5.41, 5.74) is 3.13. The normalized spacial score (nSPS) is 10.6. The van der Waals surface area contributed by atoms with E-state index in [2.05, 4.69) is 44.9 Å². The number of rotatable bonds is 5. The van der Waals surface area contributed by atoms with Gasteiger partial charge in [-0.25, -0.2) is 9.97 Å². The molecule has 2 aromatic carbocycles. The van der Waals surface area contributed by atoms with Crippen LogP contribution in [0.4, 0.5) is 5.95 Å². The van der Waals surface area contributed by atoms with Gasteiger partial charge in [0.25, 0.3) is 0 Å². The standard InChI is InChI=1S/C22H18N4S2/c27-22(26-21-23-14-13-18(24-21)19-12-7-15-28-19)25-20(16-8-3-1-4-9-16)17-10-5-2-6-11-17/h1-15,20H,(H2,23,24,25,26,27). The van der Waals surface area contributed by atoms with Crippen LogP contribution in [-0.4, -0.2) is 15.1 Å². The Morgan fingerprint density at radius 3 is 2.14 bits per heavy atom. The van der Waals surface area contributed by atoms with Crippen LogP contribution >= 0.6 is 23.6 Å². The molecule has 0 spiro atoms. The molecule has 4 aromatic rings. The van der Waals surface area contributed by atoms with Crippen molar-refractivity contribution in [2.45, 2.75) is 6.04 Å². The van der Waals surface area contributed by atoms with Gasteiger partial charge in [-0.3, -0.25) is 0 Å². The van der Waals surface area contributed by atoms with Crippen LogP contribution < -0.4 is 10.6 Å². The summed E-state index contributed by atoms with van der Waals surface area (Å²) in [6.07, 6.45) is 1.73. The van der Waals surface area contributed by atoms with E-state index < -0.39 is 0 Å². The van der Waals surface area contributed by atoms with Gasteiger partial charge in [-0.15, -0.1) is 11.3 Å². The first kappa shape index (κ1) is 18.3. The smallest absolute Gasteiger partial charge is 0.229 e. The molecule has 0 aliphatic carbocycles. The van der Waals surface area contributed by atoms with Crippen LogP contribution in [-0.2, 0) is 0 Å². The van der Waals surface area contributed by atoms with Crippen molar-refractivity contribution in [3.63, 3.8) is 0 Å². The fourth-order valence-electron chi connectivity index (χ4n) is 2.90. The number of thiophene rings is 1. The minimum atomic E-state index is -0.0668. The maximum absolute atomic E-state index is 5.56. The predicted octanol–water partition coefficient (Wildman–Crippen LogP) is 5.28. The van der Waals surface area contributed by atoms with Crippen molar-refractivity contribution >= 4 is 34.6 Å². The topological polar surface area (TPSA) is 49.8 Å². The van der Waals surface area contributed by atoms with Crippen molar-refractivity contribution in [1.29, 1.82) is 0 Å². The molecule has 0 aliphatic heterocycles. The van der Waals surface area contributed by atoms with Crippen molar-refractivity contribution in [2.75, 3.05) is 5.32 Å². The quantitative estimate of drug-likeness (QED) is 0.445.